The largest absolute Gasteiger partial charge is 0.612 e. The van der Waals surface area contributed by atoms with Crippen LogP contribution in [0.25, 0.3) is 28.0 Å². The maximum atomic E-state index is 14.2. The van der Waals surface area contributed by atoms with Crippen LogP contribution in [0.5, 0.6) is 0 Å². The fraction of sp³-hybridized carbons (Fsp3) is 0.240. The second-order valence-corrected chi connectivity index (χ2v) is 9.95. The molecule has 0 aliphatic carbocycles. The molecule has 172 valence electrons. The predicted molar refractivity (Wildman–Crippen MR) is 126 cm³/mol. The van der Waals surface area contributed by atoms with Gasteiger partial charge < -0.3 is 14.2 Å². The van der Waals surface area contributed by atoms with Crippen LogP contribution < -0.4 is 0 Å². The molecule has 0 spiro atoms. The second kappa shape index (κ2) is 8.19. The van der Waals surface area contributed by atoms with E-state index in [0.29, 0.717) is 46.2 Å². The van der Waals surface area contributed by atoms with Crippen molar-refractivity contribution < 1.29 is 18.5 Å². The highest BCUT2D eigenvalue weighted by Gasteiger charge is 2.41. The van der Waals surface area contributed by atoms with Gasteiger partial charge in [-0.05, 0) is 41.9 Å². The van der Waals surface area contributed by atoms with Crippen molar-refractivity contribution in [1.82, 2.24) is 19.4 Å². The average molecular weight is 477 g/mol. The molecule has 9 heteroatoms. The van der Waals surface area contributed by atoms with Crippen molar-refractivity contribution in [3.8, 4) is 17.1 Å². The fourth-order valence-electron chi connectivity index (χ4n) is 4.82. The third-order valence-electron chi connectivity index (χ3n) is 6.53. The number of hydrogen-bond acceptors (Lipinski definition) is 5. The molecule has 4 aromatic rings. The zero-order valence-electron chi connectivity index (χ0n) is 18.3. The van der Waals surface area contributed by atoms with Gasteiger partial charge in [-0.3, -0.25) is 9.36 Å². The van der Waals surface area contributed by atoms with E-state index in [2.05, 4.69) is 9.97 Å². The van der Waals surface area contributed by atoms with E-state index in [1.165, 1.54) is 6.07 Å². The van der Waals surface area contributed by atoms with Gasteiger partial charge >= 0.3 is 0 Å². The Balaban J connectivity index is 1.41. The van der Waals surface area contributed by atoms with Gasteiger partial charge in [-0.2, -0.15) is 0 Å². The Kier molecular flexibility index (Phi) is 5.13. The summed E-state index contributed by atoms with van der Waals surface area (Å²) in [5, 5.41) is 0.769. The molecule has 3 unspecified atom stereocenters. The maximum absolute atomic E-state index is 14.2. The number of benzene rings is 2. The molecule has 0 saturated carbocycles. The minimum absolute atomic E-state index is 0.0413. The zero-order chi connectivity index (χ0) is 23.4. The first kappa shape index (κ1) is 21.3. The Morgan fingerprint density at radius 3 is 2.68 bits per heavy atom. The predicted octanol–water partition coefficient (Wildman–Crippen LogP) is 3.58. The molecule has 2 aromatic heterocycles. The van der Waals surface area contributed by atoms with Crippen molar-refractivity contribution >= 4 is 28.0 Å². The van der Waals surface area contributed by atoms with Crippen LogP contribution in [-0.2, 0) is 15.9 Å². The molecule has 2 bridgehead atoms. The summed E-state index contributed by atoms with van der Waals surface area (Å²) in [5.41, 5.74) is 2.21. The van der Waals surface area contributed by atoms with Crippen LogP contribution in [0, 0.1) is 5.82 Å². The van der Waals surface area contributed by atoms with Gasteiger partial charge in [0.25, 0.3) is 5.91 Å². The molecule has 2 aliphatic rings. The molecule has 3 atom stereocenters. The van der Waals surface area contributed by atoms with E-state index in [4.69, 9.17) is 4.74 Å². The summed E-state index contributed by atoms with van der Waals surface area (Å²) in [6, 6.07) is 12.0. The number of rotatable bonds is 4. The number of fused-ring (bicyclic) bond motifs is 3. The van der Waals surface area contributed by atoms with Crippen LogP contribution in [0.2, 0.25) is 0 Å². The second-order valence-electron chi connectivity index (χ2n) is 8.60. The van der Waals surface area contributed by atoms with Crippen LogP contribution in [0.4, 0.5) is 4.39 Å². The first-order chi connectivity index (χ1) is 16.5. The quantitative estimate of drug-likeness (QED) is 0.421. The van der Waals surface area contributed by atoms with Gasteiger partial charge in [-0.25, -0.2) is 14.4 Å². The number of carbonyl (C=O) groups is 1. The van der Waals surface area contributed by atoms with Crippen LogP contribution in [-0.4, -0.2) is 61.4 Å². The molecule has 2 saturated heterocycles. The highest BCUT2D eigenvalue weighted by Crippen LogP contribution is 2.32. The standard InChI is InChI=1S/C25H21FN4O3S/c1-34(32)23-13-30(25-27-10-16(11-28-25)19-4-2-3-5-21(19)26)22-8-15(6-7-20(22)23)24(31)29-12-18-9-17(29)14-33-18/h2-8,10-11,13,17-18H,9,12,14H2,1H3. The number of carbonyl (C=O) groups excluding carboxylic acids is 1. The van der Waals surface area contributed by atoms with Gasteiger partial charge in [0.2, 0.25) is 5.95 Å². The van der Waals surface area contributed by atoms with Crippen molar-refractivity contribution in [2.45, 2.75) is 23.5 Å². The summed E-state index contributed by atoms with van der Waals surface area (Å²) in [7, 11) is 0. The molecule has 0 N–H and O–H groups in total. The van der Waals surface area contributed by atoms with Crippen molar-refractivity contribution in [1.29, 1.82) is 0 Å². The third kappa shape index (κ3) is 3.48. The zero-order valence-corrected chi connectivity index (χ0v) is 19.2. The molecule has 34 heavy (non-hydrogen) atoms. The van der Waals surface area contributed by atoms with Crippen LogP contribution in [0.3, 0.4) is 0 Å². The SMILES string of the molecule is C[S+]([O-])c1cn(-c2ncc(-c3ccccc3F)cn2)c2cc(C(=O)N3CC4CC3CO4)ccc12. The average Bonchev–Trinajstić information content (AvgIpc) is 3.58. The first-order valence-corrected chi connectivity index (χ1v) is 12.5. The fourth-order valence-corrected chi connectivity index (χ4v) is 5.55. The molecule has 2 fully saturated rings. The molecule has 6 rings (SSSR count). The molecule has 7 nitrogen and oxygen atoms in total. The van der Waals surface area contributed by atoms with Crippen molar-refractivity contribution in [3.05, 3.63) is 72.4 Å². The monoisotopic (exact) mass is 476 g/mol. The Labute approximate surface area is 198 Å². The number of aromatic nitrogens is 3. The van der Waals surface area contributed by atoms with E-state index >= 15 is 0 Å². The summed E-state index contributed by atoms with van der Waals surface area (Å²) >= 11 is -1.25. The minimum atomic E-state index is -1.25. The topological polar surface area (TPSA) is 83.3 Å². The van der Waals surface area contributed by atoms with Gasteiger partial charge in [0.05, 0.1) is 35.9 Å². The Morgan fingerprint density at radius 1 is 1.21 bits per heavy atom. The smallest absolute Gasteiger partial charge is 0.254 e. The Hall–Kier alpha value is -3.27. The van der Waals surface area contributed by atoms with E-state index in [1.807, 2.05) is 11.0 Å². The van der Waals surface area contributed by atoms with Crippen molar-refractivity contribution in [2.75, 3.05) is 19.4 Å². The van der Waals surface area contributed by atoms with E-state index < -0.39 is 11.2 Å². The highest BCUT2D eigenvalue weighted by molar-refractivity contribution is 7.91. The molecular formula is C25H21FN4O3S. The molecular weight excluding hydrogens is 455 g/mol. The minimum Gasteiger partial charge on any atom is -0.612 e. The summed E-state index contributed by atoms with van der Waals surface area (Å²) in [5.74, 6) is -0.0430. The van der Waals surface area contributed by atoms with Crippen LogP contribution in [0.1, 0.15) is 16.8 Å². The van der Waals surface area contributed by atoms with Gasteiger partial charge in [0.15, 0.2) is 4.90 Å². The van der Waals surface area contributed by atoms with Gasteiger partial charge in [-0.15, -0.1) is 0 Å². The van der Waals surface area contributed by atoms with Crippen molar-refractivity contribution in [2.24, 2.45) is 0 Å². The maximum Gasteiger partial charge on any atom is 0.254 e. The summed E-state index contributed by atoms with van der Waals surface area (Å²) in [6.45, 7) is 1.18. The number of hydrogen-bond donors (Lipinski definition) is 0. The number of likely N-dealkylation sites (tertiary alicyclic amines) is 1. The normalized spacial score (nSPS) is 20.3. The molecule has 0 radical (unpaired) electrons. The number of amides is 1. The summed E-state index contributed by atoms with van der Waals surface area (Å²) in [4.78, 5) is 24.6. The lowest BCUT2D eigenvalue weighted by molar-refractivity contribution is 0.0259. The molecule has 2 aromatic carbocycles. The van der Waals surface area contributed by atoms with E-state index in [-0.39, 0.29) is 23.9 Å². The van der Waals surface area contributed by atoms with E-state index in [9.17, 15) is 13.7 Å². The van der Waals surface area contributed by atoms with Crippen LogP contribution in [0.15, 0.2) is 66.0 Å². The van der Waals surface area contributed by atoms with Gasteiger partial charge in [0, 0.05) is 35.6 Å². The van der Waals surface area contributed by atoms with Gasteiger partial charge in [-0.1, -0.05) is 18.2 Å². The van der Waals surface area contributed by atoms with E-state index in [1.54, 1.807) is 59.7 Å². The number of halogens is 1. The van der Waals surface area contributed by atoms with Crippen LogP contribution >= 0.6 is 0 Å². The van der Waals surface area contributed by atoms with Crippen molar-refractivity contribution in [3.63, 3.8) is 0 Å². The third-order valence-corrected chi connectivity index (χ3v) is 7.47. The van der Waals surface area contributed by atoms with E-state index in [0.717, 1.165) is 11.8 Å². The summed E-state index contributed by atoms with van der Waals surface area (Å²) < 4.78 is 33.9. The first-order valence-electron chi connectivity index (χ1n) is 11.0. The number of morpholine rings is 1. The molecule has 1 amide bonds. The highest BCUT2D eigenvalue weighted by atomic mass is 32.2. The summed E-state index contributed by atoms with van der Waals surface area (Å²) in [6.07, 6.45) is 7.47. The Morgan fingerprint density at radius 2 is 2.00 bits per heavy atom. The number of nitrogens with zero attached hydrogens (tertiary/aromatic N) is 4. The lowest BCUT2D eigenvalue weighted by atomic mass is 10.1. The lowest BCUT2D eigenvalue weighted by Gasteiger charge is -2.27. The lowest BCUT2D eigenvalue weighted by Crippen LogP contribution is -2.41. The molecule has 4 heterocycles. The Bertz CT molecular complexity index is 1410. The number of ether oxygens (including phenoxy) is 1. The molecule has 2 aliphatic heterocycles. The van der Waals surface area contributed by atoms with Gasteiger partial charge in [0.1, 0.15) is 12.1 Å².